The van der Waals surface area contributed by atoms with Crippen molar-refractivity contribution >= 4 is 27.3 Å². The largest absolute Gasteiger partial charge is 0.391 e. The maximum absolute atomic E-state index is 9.33. The van der Waals surface area contributed by atoms with Crippen LogP contribution in [0.4, 0.5) is 0 Å². The molecular weight excluding hydrogens is 240 g/mol. The number of thiophene rings is 1. The summed E-state index contributed by atoms with van der Waals surface area (Å²) in [5.74, 6) is 0. The zero-order valence-corrected chi connectivity index (χ0v) is 9.10. The zero-order valence-electron chi connectivity index (χ0n) is 6.70. The van der Waals surface area contributed by atoms with Gasteiger partial charge in [0, 0.05) is 11.3 Å². The van der Waals surface area contributed by atoms with E-state index in [-0.39, 0.29) is 0 Å². The highest BCUT2D eigenvalue weighted by molar-refractivity contribution is 9.11. The molecule has 0 aliphatic heterocycles. The Morgan fingerprint density at radius 2 is 2.17 bits per heavy atom. The van der Waals surface area contributed by atoms with Gasteiger partial charge in [0.1, 0.15) is 0 Å². The smallest absolute Gasteiger partial charge is 0.0844 e. The molecule has 1 aromatic heterocycles. The summed E-state index contributed by atoms with van der Waals surface area (Å²) >= 11 is 4.91. The molecule has 4 heteroatoms. The molecule has 0 bridgehead atoms. The summed E-state index contributed by atoms with van der Waals surface area (Å²) in [5, 5.41) is 18.4. The van der Waals surface area contributed by atoms with E-state index < -0.39 is 12.2 Å². The summed E-state index contributed by atoms with van der Waals surface area (Å²) in [6.45, 7) is 1.59. The second-order valence-electron chi connectivity index (χ2n) is 2.72. The van der Waals surface area contributed by atoms with E-state index in [1.54, 1.807) is 18.3 Å². The fraction of sp³-hybridized carbons (Fsp3) is 0.500. The highest BCUT2D eigenvalue weighted by Gasteiger charge is 2.12. The lowest BCUT2D eigenvalue weighted by Crippen LogP contribution is -2.24. The van der Waals surface area contributed by atoms with Crippen molar-refractivity contribution in [2.75, 3.05) is 0 Å². The van der Waals surface area contributed by atoms with Crippen molar-refractivity contribution < 1.29 is 10.2 Å². The van der Waals surface area contributed by atoms with Crippen LogP contribution in [0.5, 0.6) is 0 Å². The van der Waals surface area contributed by atoms with E-state index in [0.29, 0.717) is 6.42 Å². The van der Waals surface area contributed by atoms with Crippen molar-refractivity contribution in [3.8, 4) is 0 Å². The predicted molar refractivity (Wildman–Crippen MR) is 53.4 cm³/mol. The first-order valence-electron chi connectivity index (χ1n) is 3.70. The fourth-order valence-electron chi connectivity index (χ4n) is 0.838. The van der Waals surface area contributed by atoms with Crippen molar-refractivity contribution in [3.63, 3.8) is 0 Å². The molecule has 12 heavy (non-hydrogen) atoms. The minimum atomic E-state index is -0.661. The Hall–Kier alpha value is 0.1000. The minimum Gasteiger partial charge on any atom is -0.391 e. The fourth-order valence-corrected chi connectivity index (χ4v) is 2.37. The Labute approximate surface area is 84.0 Å². The van der Waals surface area contributed by atoms with Crippen LogP contribution in [0.15, 0.2) is 15.9 Å². The number of rotatable bonds is 3. The lowest BCUT2D eigenvalue weighted by atomic mass is 10.1. The van der Waals surface area contributed by atoms with Gasteiger partial charge < -0.3 is 10.2 Å². The first kappa shape index (κ1) is 10.2. The highest BCUT2D eigenvalue weighted by Crippen LogP contribution is 2.23. The average Bonchev–Trinajstić information content (AvgIpc) is 2.35. The third-order valence-corrected chi connectivity index (χ3v) is 3.24. The molecule has 1 rings (SSSR count). The Morgan fingerprint density at radius 3 is 2.58 bits per heavy atom. The van der Waals surface area contributed by atoms with Crippen molar-refractivity contribution in [2.45, 2.75) is 25.6 Å². The number of hydrogen-bond donors (Lipinski definition) is 2. The minimum absolute atomic E-state index is 0.522. The molecule has 0 saturated carbocycles. The van der Waals surface area contributed by atoms with Crippen molar-refractivity contribution in [2.24, 2.45) is 0 Å². The van der Waals surface area contributed by atoms with Crippen LogP contribution in [0, 0.1) is 0 Å². The second-order valence-corrected chi connectivity index (χ2v) is 5.27. The molecule has 2 atom stereocenters. The van der Waals surface area contributed by atoms with E-state index in [1.165, 1.54) is 0 Å². The number of halogens is 1. The summed E-state index contributed by atoms with van der Waals surface area (Å²) < 4.78 is 1.05. The molecule has 0 fully saturated rings. The molecule has 1 aromatic rings. The molecule has 0 amide bonds. The number of aliphatic hydroxyl groups is 2. The summed E-state index contributed by atoms with van der Waals surface area (Å²) in [7, 11) is 0. The van der Waals surface area contributed by atoms with Gasteiger partial charge in [0.2, 0.25) is 0 Å². The van der Waals surface area contributed by atoms with Gasteiger partial charge in [-0.1, -0.05) is 0 Å². The summed E-state index contributed by atoms with van der Waals surface area (Å²) in [5.41, 5.74) is 0. The van der Waals surface area contributed by atoms with Crippen molar-refractivity contribution in [1.29, 1.82) is 0 Å². The van der Waals surface area contributed by atoms with Crippen LogP contribution in [-0.2, 0) is 6.42 Å². The Balaban J connectivity index is 2.52. The van der Waals surface area contributed by atoms with Crippen LogP contribution >= 0.6 is 27.3 Å². The molecule has 2 nitrogen and oxygen atoms in total. The molecule has 1 heterocycles. The molecular formula is C8H11BrO2S. The molecule has 0 spiro atoms. The molecule has 0 aromatic carbocycles. The van der Waals surface area contributed by atoms with Crippen molar-refractivity contribution in [3.05, 3.63) is 20.8 Å². The second kappa shape index (κ2) is 4.37. The molecule has 0 aliphatic rings. The van der Waals surface area contributed by atoms with Gasteiger partial charge in [0.25, 0.3) is 0 Å². The van der Waals surface area contributed by atoms with Gasteiger partial charge >= 0.3 is 0 Å². The van der Waals surface area contributed by atoms with Gasteiger partial charge in [-0.25, -0.2) is 0 Å². The van der Waals surface area contributed by atoms with Crippen LogP contribution in [0.2, 0.25) is 0 Å². The maximum atomic E-state index is 9.33. The third kappa shape index (κ3) is 2.86. The highest BCUT2D eigenvalue weighted by atomic mass is 79.9. The molecule has 2 N–H and O–H groups in total. The SMILES string of the molecule is CC(O)C(O)Cc1ccc(Br)s1. The van der Waals surface area contributed by atoms with E-state index in [4.69, 9.17) is 5.11 Å². The van der Waals surface area contributed by atoms with Crippen LogP contribution in [0.3, 0.4) is 0 Å². The quantitative estimate of drug-likeness (QED) is 0.859. The normalized spacial score (nSPS) is 16.0. The third-order valence-electron chi connectivity index (χ3n) is 1.60. The monoisotopic (exact) mass is 250 g/mol. The maximum Gasteiger partial charge on any atom is 0.0844 e. The van der Waals surface area contributed by atoms with Crippen LogP contribution < -0.4 is 0 Å². The van der Waals surface area contributed by atoms with Crippen LogP contribution in [-0.4, -0.2) is 22.4 Å². The molecule has 68 valence electrons. The lowest BCUT2D eigenvalue weighted by Gasteiger charge is -2.11. The zero-order chi connectivity index (χ0) is 9.14. The van der Waals surface area contributed by atoms with Gasteiger partial charge in [-0.2, -0.15) is 0 Å². The summed E-state index contributed by atoms with van der Waals surface area (Å²) in [6.07, 6.45) is -0.796. The standard InChI is InChI=1S/C8H11BrO2S/c1-5(10)7(11)4-6-2-3-8(9)12-6/h2-3,5,7,10-11H,4H2,1H3. The van der Waals surface area contributed by atoms with E-state index >= 15 is 0 Å². The van der Waals surface area contributed by atoms with E-state index in [0.717, 1.165) is 8.66 Å². The average molecular weight is 251 g/mol. The summed E-state index contributed by atoms with van der Waals surface area (Å²) in [6, 6.07) is 3.88. The van der Waals surface area contributed by atoms with E-state index in [1.807, 2.05) is 12.1 Å². The first-order valence-corrected chi connectivity index (χ1v) is 5.31. The topological polar surface area (TPSA) is 40.5 Å². The Bertz CT molecular complexity index is 247. The molecule has 0 aliphatic carbocycles. The van der Waals surface area contributed by atoms with E-state index in [2.05, 4.69) is 15.9 Å². The molecule has 0 saturated heterocycles. The lowest BCUT2D eigenvalue weighted by molar-refractivity contribution is 0.0324. The Kier molecular flexibility index (Phi) is 3.71. The predicted octanol–water partition coefficient (Wildman–Crippen LogP) is 1.79. The van der Waals surface area contributed by atoms with Gasteiger partial charge in [0.05, 0.1) is 16.0 Å². The number of aliphatic hydroxyl groups excluding tert-OH is 2. The molecule has 2 unspecified atom stereocenters. The van der Waals surface area contributed by atoms with Crippen molar-refractivity contribution in [1.82, 2.24) is 0 Å². The van der Waals surface area contributed by atoms with Gasteiger partial charge in [0.15, 0.2) is 0 Å². The van der Waals surface area contributed by atoms with Crippen LogP contribution in [0.1, 0.15) is 11.8 Å². The summed E-state index contributed by atoms with van der Waals surface area (Å²) in [4.78, 5) is 1.08. The van der Waals surface area contributed by atoms with Gasteiger partial charge in [-0.05, 0) is 35.0 Å². The van der Waals surface area contributed by atoms with Crippen LogP contribution in [0.25, 0.3) is 0 Å². The number of hydrogen-bond acceptors (Lipinski definition) is 3. The Morgan fingerprint density at radius 1 is 1.50 bits per heavy atom. The van der Waals surface area contributed by atoms with E-state index in [9.17, 15) is 5.11 Å². The van der Waals surface area contributed by atoms with Gasteiger partial charge in [-0.15, -0.1) is 11.3 Å². The first-order chi connectivity index (χ1) is 5.59. The van der Waals surface area contributed by atoms with Gasteiger partial charge in [-0.3, -0.25) is 0 Å². The molecule has 0 radical (unpaired) electrons.